The fourth-order valence-electron chi connectivity index (χ4n) is 3.86. The minimum Gasteiger partial charge on any atom is -0.368 e. The van der Waals surface area contributed by atoms with E-state index in [4.69, 9.17) is 4.74 Å². The minimum absolute atomic E-state index is 0.0416. The maximum Gasteiger partial charge on any atom is 0.254 e. The zero-order valence-electron chi connectivity index (χ0n) is 15.7. The lowest BCUT2D eigenvalue weighted by Gasteiger charge is -2.33. The number of carbonyl (C=O) groups excluding carboxylic acids is 1. The van der Waals surface area contributed by atoms with Crippen molar-refractivity contribution in [3.05, 3.63) is 53.1 Å². The van der Waals surface area contributed by atoms with Crippen LogP contribution in [-0.2, 0) is 4.74 Å². The first-order valence-corrected chi connectivity index (χ1v) is 10.2. The second-order valence-corrected chi connectivity index (χ2v) is 8.14. The lowest BCUT2D eigenvalue weighted by molar-refractivity contribution is -0.0257. The molecule has 7 nitrogen and oxygen atoms in total. The molecule has 3 aromatic rings. The van der Waals surface area contributed by atoms with Crippen molar-refractivity contribution in [1.29, 1.82) is 0 Å². The Morgan fingerprint density at radius 2 is 2.14 bits per heavy atom. The monoisotopic (exact) mass is 395 g/mol. The van der Waals surface area contributed by atoms with E-state index in [1.54, 1.807) is 4.52 Å². The Kier molecular flexibility index (Phi) is 4.37. The molecule has 144 valence electrons. The van der Waals surface area contributed by atoms with Crippen molar-refractivity contribution in [3.8, 4) is 0 Å². The summed E-state index contributed by atoms with van der Waals surface area (Å²) in [6.07, 6.45) is 3.73. The summed E-state index contributed by atoms with van der Waals surface area (Å²) in [7, 11) is 2.79. The lowest BCUT2D eigenvalue weighted by Crippen LogP contribution is -2.43. The van der Waals surface area contributed by atoms with Gasteiger partial charge in [-0.3, -0.25) is 4.79 Å². The third-order valence-corrected chi connectivity index (χ3v) is 5.94. The van der Waals surface area contributed by atoms with Crippen LogP contribution >= 0.6 is 9.24 Å². The summed E-state index contributed by atoms with van der Waals surface area (Å²) < 4.78 is 7.67. The fourth-order valence-corrected chi connectivity index (χ4v) is 4.37. The van der Waals surface area contributed by atoms with Gasteiger partial charge in [0.1, 0.15) is 12.4 Å². The van der Waals surface area contributed by atoms with Gasteiger partial charge in [0.25, 0.3) is 11.7 Å². The quantitative estimate of drug-likeness (QED) is 0.635. The molecule has 0 N–H and O–H groups in total. The molecule has 0 radical (unpaired) electrons. The summed E-state index contributed by atoms with van der Waals surface area (Å²) in [5, 5.41) is 5.40. The van der Waals surface area contributed by atoms with E-state index in [0.717, 1.165) is 22.3 Å². The van der Waals surface area contributed by atoms with Crippen LogP contribution in [0.3, 0.4) is 0 Å². The highest BCUT2D eigenvalue weighted by atomic mass is 31.0. The molecular weight excluding hydrogens is 373 g/mol. The first kappa shape index (κ1) is 17.7. The predicted molar refractivity (Wildman–Crippen MR) is 108 cm³/mol. The number of rotatable bonds is 3. The number of amides is 1. The average molecular weight is 395 g/mol. The minimum atomic E-state index is -0.259. The SMILES string of the molecule is Cc1cc([C@@H]2CN(C(=O)c3ccc(C4CC4)c(P)c3)CCO2)n2ncnc2n1. The summed E-state index contributed by atoms with van der Waals surface area (Å²) in [4.78, 5) is 23.5. The smallest absolute Gasteiger partial charge is 0.254 e. The van der Waals surface area contributed by atoms with Crippen LogP contribution in [0.5, 0.6) is 0 Å². The Balaban J connectivity index is 1.40. The standard InChI is InChI=1S/C20H22N5O2P/c1-12-8-16(25-20(23-12)21-11-22-25)17-10-24(6-7-27-17)19(26)14-4-5-15(13-2-3-13)18(28)9-14/h4-5,8-9,11,13,17H,2-3,6-7,10,28H2,1H3/t17-/m0/s1. The van der Waals surface area contributed by atoms with Crippen molar-refractivity contribution in [2.24, 2.45) is 0 Å². The maximum atomic E-state index is 13.1. The Hall–Kier alpha value is -2.37. The van der Waals surface area contributed by atoms with E-state index in [-0.39, 0.29) is 12.0 Å². The van der Waals surface area contributed by atoms with Gasteiger partial charge in [0.2, 0.25) is 0 Å². The molecule has 1 aliphatic carbocycles. The summed E-state index contributed by atoms with van der Waals surface area (Å²) in [5.41, 5.74) is 3.80. The first-order valence-electron chi connectivity index (χ1n) is 9.58. The van der Waals surface area contributed by atoms with Gasteiger partial charge in [0, 0.05) is 17.8 Å². The average Bonchev–Trinajstić information content (AvgIpc) is 3.44. The van der Waals surface area contributed by atoms with Gasteiger partial charge in [-0.1, -0.05) is 6.07 Å². The van der Waals surface area contributed by atoms with Crippen molar-refractivity contribution in [3.63, 3.8) is 0 Å². The second-order valence-electron chi connectivity index (χ2n) is 7.52. The molecule has 1 saturated heterocycles. The highest BCUT2D eigenvalue weighted by Crippen LogP contribution is 2.39. The van der Waals surface area contributed by atoms with E-state index in [2.05, 4.69) is 30.4 Å². The molecule has 1 unspecified atom stereocenters. The van der Waals surface area contributed by atoms with Gasteiger partial charge < -0.3 is 9.64 Å². The first-order chi connectivity index (χ1) is 13.6. The number of aromatic nitrogens is 4. The largest absolute Gasteiger partial charge is 0.368 e. The molecule has 0 bridgehead atoms. The van der Waals surface area contributed by atoms with Crippen LogP contribution in [0.2, 0.25) is 0 Å². The van der Waals surface area contributed by atoms with Crippen LogP contribution in [0.15, 0.2) is 30.6 Å². The van der Waals surface area contributed by atoms with Gasteiger partial charge in [-0.25, -0.2) is 4.98 Å². The van der Waals surface area contributed by atoms with Gasteiger partial charge >= 0.3 is 0 Å². The number of hydrogen-bond acceptors (Lipinski definition) is 5. The Morgan fingerprint density at radius 1 is 1.29 bits per heavy atom. The molecule has 8 heteroatoms. The van der Waals surface area contributed by atoms with Crippen molar-refractivity contribution < 1.29 is 9.53 Å². The number of nitrogens with zero attached hydrogens (tertiary/aromatic N) is 5. The van der Waals surface area contributed by atoms with Crippen LogP contribution < -0.4 is 5.30 Å². The van der Waals surface area contributed by atoms with E-state index in [1.807, 2.05) is 30.0 Å². The van der Waals surface area contributed by atoms with Gasteiger partial charge in [0.05, 0.1) is 18.8 Å². The van der Waals surface area contributed by atoms with E-state index < -0.39 is 0 Å². The Labute approximate surface area is 165 Å². The third-order valence-electron chi connectivity index (χ3n) is 5.44. The molecule has 1 aromatic carbocycles. The number of morpholine rings is 1. The summed E-state index contributed by atoms with van der Waals surface area (Å²) in [6, 6.07) is 8.01. The van der Waals surface area contributed by atoms with Crippen molar-refractivity contribution in [1.82, 2.24) is 24.5 Å². The van der Waals surface area contributed by atoms with E-state index in [9.17, 15) is 4.79 Å². The van der Waals surface area contributed by atoms with E-state index in [0.29, 0.717) is 31.4 Å². The molecule has 2 aromatic heterocycles. The van der Waals surface area contributed by atoms with Crippen molar-refractivity contribution in [2.75, 3.05) is 19.7 Å². The molecule has 1 amide bonds. The highest BCUT2D eigenvalue weighted by molar-refractivity contribution is 7.27. The van der Waals surface area contributed by atoms with Crippen LogP contribution in [0.1, 0.15) is 52.2 Å². The summed E-state index contributed by atoms with van der Waals surface area (Å²) >= 11 is 0. The summed E-state index contributed by atoms with van der Waals surface area (Å²) in [6.45, 7) is 3.47. The zero-order chi connectivity index (χ0) is 19.3. The molecule has 2 atom stereocenters. The van der Waals surface area contributed by atoms with Crippen LogP contribution in [-0.4, -0.2) is 50.1 Å². The normalized spacial score (nSPS) is 19.9. The number of aryl methyl sites for hydroxylation is 1. The predicted octanol–water partition coefficient (Wildman–Crippen LogP) is 2.02. The van der Waals surface area contributed by atoms with Crippen LogP contribution in [0, 0.1) is 6.92 Å². The maximum absolute atomic E-state index is 13.1. The molecule has 3 heterocycles. The third kappa shape index (κ3) is 3.19. The van der Waals surface area contributed by atoms with Gasteiger partial charge in [-0.05, 0) is 54.8 Å². The molecule has 1 saturated carbocycles. The van der Waals surface area contributed by atoms with E-state index >= 15 is 0 Å². The number of ether oxygens (including phenoxy) is 1. The summed E-state index contributed by atoms with van der Waals surface area (Å²) in [5.74, 6) is 1.26. The Bertz CT molecular complexity index is 1060. The van der Waals surface area contributed by atoms with Crippen molar-refractivity contribution >= 4 is 26.2 Å². The van der Waals surface area contributed by atoms with Crippen molar-refractivity contribution in [2.45, 2.75) is 31.8 Å². The van der Waals surface area contributed by atoms with Crippen LogP contribution in [0.25, 0.3) is 5.78 Å². The highest BCUT2D eigenvalue weighted by Gasteiger charge is 2.30. The molecule has 28 heavy (non-hydrogen) atoms. The Morgan fingerprint density at radius 3 is 2.93 bits per heavy atom. The number of hydrogen-bond donors (Lipinski definition) is 0. The fraction of sp³-hybridized carbons (Fsp3) is 0.400. The number of fused-ring (bicyclic) bond motifs is 1. The molecular formula is C20H22N5O2P. The second kappa shape index (κ2) is 6.90. The number of benzene rings is 1. The zero-order valence-corrected chi connectivity index (χ0v) is 16.9. The molecule has 1 aliphatic heterocycles. The topological polar surface area (TPSA) is 72.6 Å². The molecule has 0 spiro atoms. The number of carbonyl (C=O) groups is 1. The van der Waals surface area contributed by atoms with E-state index in [1.165, 1.54) is 24.7 Å². The van der Waals surface area contributed by atoms with Gasteiger partial charge in [0.15, 0.2) is 0 Å². The van der Waals surface area contributed by atoms with Crippen LogP contribution in [0.4, 0.5) is 0 Å². The lowest BCUT2D eigenvalue weighted by atomic mass is 10.1. The van der Waals surface area contributed by atoms with Gasteiger partial charge in [-0.15, -0.1) is 9.24 Å². The molecule has 2 aliphatic rings. The molecule has 5 rings (SSSR count). The van der Waals surface area contributed by atoms with Gasteiger partial charge in [-0.2, -0.15) is 14.6 Å². The molecule has 2 fully saturated rings.